The van der Waals surface area contributed by atoms with Crippen molar-refractivity contribution in [2.45, 2.75) is 10.9 Å². The zero-order chi connectivity index (χ0) is 12.6. The van der Waals surface area contributed by atoms with Crippen LogP contribution in [0.15, 0.2) is 29.2 Å². The summed E-state index contributed by atoms with van der Waals surface area (Å²) < 4.78 is 25.2. The molecule has 0 radical (unpaired) electrons. The van der Waals surface area contributed by atoms with E-state index in [1.807, 2.05) is 0 Å². The third-order valence-corrected chi connectivity index (χ3v) is 4.37. The molecule has 0 amide bonds. The highest BCUT2D eigenvalue weighted by Gasteiger charge is 2.35. The number of nitro benzene ring substituents is 1. The van der Waals surface area contributed by atoms with Crippen molar-refractivity contribution in [3.8, 4) is 0 Å². The Bertz CT molecular complexity index is 551. The molecule has 0 spiro atoms. The Morgan fingerprint density at radius 2 is 2.06 bits per heavy atom. The number of hydrogen-bond donors (Lipinski definition) is 1. The first-order valence-electron chi connectivity index (χ1n) is 4.91. The molecule has 0 aromatic heterocycles. The van der Waals surface area contributed by atoms with Crippen LogP contribution in [0.25, 0.3) is 0 Å². The zero-order valence-electron chi connectivity index (χ0n) is 8.81. The summed E-state index contributed by atoms with van der Waals surface area (Å²) in [4.78, 5) is 9.87. The molecule has 0 unspecified atom stereocenters. The molecule has 1 saturated heterocycles. The van der Waals surface area contributed by atoms with Crippen molar-refractivity contribution in [2.75, 3.05) is 13.1 Å². The van der Waals surface area contributed by atoms with Gasteiger partial charge in [-0.15, -0.1) is 0 Å². The Balaban J connectivity index is 2.33. The fourth-order valence-corrected chi connectivity index (χ4v) is 3.17. The molecule has 1 fully saturated rings. The number of rotatable bonds is 3. The van der Waals surface area contributed by atoms with Crippen molar-refractivity contribution in [1.82, 2.24) is 4.31 Å². The van der Waals surface area contributed by atoms with Crippen molar-refractivity contribution >= 4 is 15.7 Å². The van der Waals surface area contributed by atoms with Gasteiger partial charge in [-0.25, -0.2) is 8.42 Å². The van der Waals surface area contributed by atoms with Crippen LogP contribution in [0, 0.1) is 10.1 Å². The quantitative estimate of drug-likeness (QED) is 0.602. The van der Waals surface area contributed by atoms with Crippen LogP contribution in [0.1, 0.15) is 0 Å². The largest absolute Gasteiger partial charge is 0.325 e. The van der Waals surface area contributed by atoms with Crippen molar-refractivity contribution in [2.24, 2.45) is 5.73 Å². The van der Waals surface area contributed by atoms with Crippen LogP contribution >= 0.6 is 0 Å². The summed E-state index contributed by atoms with van der Waals surface area (Å²) in [6, 6.07) is 4.85. The third kappa shape index (κ3) is 2.14. The van der Waals surface area contributed by atoms with Crippen molar-refractivity contribution in [3.63, 3.8) is 0 Å². The topological polar surface area (TPSA) is 107 Å². The molecule has 0 atom stereocenters. The van der Waals surface area contributed by atoms with E-state index in [-0.39, 0.29) is 29.7 Å². The highest BCUT2D eigenvalue weighted by Crippen LogP contribution is 2.23. The van der Waals surface area contributed by atoms with E-state index >= 15 is 0 Å². The molecule has 92 valence electrons. The normalized spacial score (nSPS) is 17.7. The summed E-state index contributed by atoms with van der Waals surface area (Å²) >= 11 is 0. The standard InChI is InChI=1S/C9H11N3O4S/c10-7-5-11(6-7)17(15,16)9-3-1-2-8(4-9)12(13)14/h1-4,7H,5-6,10H2. The van der Waals surface area contributed by atoms with Gasteiger partial charge in [0.05, 0.1) is 9.82 Å². The molecule has 17 heavy (non-hydrogen) atoms. The molecular formula is C9H11N3O4S. The van der Waals surface area contributed by atoms with E-state index in [0.29, 0.717) is 0 Å². The van der Waals surface area contributed by atoms with Gasteiger partial charge in [0.2, 0.25) is 10.0 Å². The molecule has 2 N–H and O–H groups in total. The summed E-state index contributed by atoms with van der Waals surface area (Å²) in [5, 5.41) is 10.6. The predicted octanol–water partition coefficient (Wildman–Crippen LogP) is -0.0736. The van der Waals surface area contributed by atoms with Crippen LogP contribution in [0.3, 0.4) is 0 Å². The van der Waals surface area contributed by atoms with Gasteiger partial charge in [0.15, 0.2) is 0 Å². The van der Waals surface area contributed by atoms with Crippen molar-refractivity contribution in [3.05, 3.63) is 34.4 Å². The molecule has 1 aromatic rings. The Morgan fingerprint density at radius 3 is 2.59 bits per heavy atom. The minimum Gasteiger partial charge on any atom is -0.325 e. The molecule has 1 aromatic carbocycles. The minimum atomic E-state index is -3.64. The van der Waals surface area contributed by atoms with Crippen molar-refractivity contribution < 1.29 is 13.3 Å². The first-order chi connectivity index (χ1) is 7.91. The lowest BCUT2D eigenvalue weighted by Crippen LogP contribution is -2.57. The number of sulfonamides is 1. The van der Waals surface area contributed by atoms with Gasteiger partial charge in [0.1, 0.15) is 0 Å². The van der Waals surface area contributed by atoms with Crippen molar-refractivity contribution in [1.29, 1.82) is 0 Å². The van der Waals surface area contributed by atoms with Crippen LogP contribution in [0.4, 0.5) is 5.69 Å². The van der Waals surface area contributed by atoms with E-state index in [2.05, 4.69) is 0 Å². The Hall–Kier alpha value is -1.51. The first-order valence-corrected chi connectivity index (χ1v) is 6.35. The summed E-state index contributed by atoms with van der Waals surface area (Å²) in [6.07, 6.45) is 0. The van der Waals surface area contributed by atoms with Crippen LogP contribution < -0.4 is 5.73 Å². The molecule has 1 aliphatic rings. The third-order valence-electron chi connectivity index (χ3n) is 2.54. The van der Waals surface area contributed by atoms with E-state index in [0.717, 1.165) is 6.07 Å². The van der Waals surface area contributed by atoms with Crippen LogP contribution in [-0.4, -0.2) is 36.8 Å². The summed E-state index contributed by atoms with van der Waals surface area (Å²) in [5.74, 6) is 0. The van der Waals surface area contributed by atoms with Gasteiger partial charge in [-0.3, -0.25) is 10.1 Å². The van der Waals surface area contributed by atoms with Gasteiger partial charge in [0.25, 0.3) is 5.69 Å². The molecule has 1 heterocycles. The lowest BCUT2D eigenvalue weighted by Gasteiger charge is -2.35. The second-order valence-corrected chi connectivity index (χ2v) is 5.77. The highest BCUT2D eigenvalue weighted by molar-refractivity contribution is 7.89. The summed E-state index contributed by atoms with van der Waals surface area (Å²) in [6.45, 7) is 0.510. The smallest absolute Gasteiger partial charge is 0.270 e. The fraction of sp³-hybridized carbons (Fsp3) is 0.333. The van der Waals surface area contributed by atoms with Crippen LogP contribution in [0.5, 0.6) is 0 Å². The second-order valence-electron chi connectivity index (χ2n) is 3.84. The average Bonchev–Trinajstić information content (AvgIpc) is 2.25. The van der Waals surface area contributed by atoms with Gasteiger partial charge in [-0.1, -0.05) is 6.07 Å². The molecule has 7 nitrogen and oxygen atoms in total. The monoisotopic (exact) mass is 257 g/mol. The Labute approximate surface area is 98.0 Å². The van der Waals surface area contributed by atoms with E-state index in [1.165, 1.54) is 22.5 Å². The van der Waals surface area contributed by atoms with Crippen LogP contribution in [0.2, 0.25) is 0 Å². The molecule has 1 aliphatic heterocycles. The molecule has 8 heteroatoms. The summed E-state index contributed by atoms with van der Waals surface area (Å²) in [5.41, 5.74) is 5.27. The predicted molar refractivity (Wildman–Crippen MR) is 59.8 cm³/mol. The van der Waals surface area contributed by atoms with Gasteiger partial charge in [-0.05, 0) is 6.07 Å². The maximum Gasteiger partial charge on any atom is 0.270 e. The number of benzene rings is 1. The molecule has 0 saturated carbocycles. The van der Waals surface area contributed by atoms with Gasteiger partial charge in [-0.2, -0.15) is 4.31 Å². The molecule has 0 bridgehead atoms. The maximum atomic E-state index is 12.0. The number of nitro groups is 1. The van der Waals surface area contributed by atoms with E-state index in [4.69, 9.17) is 5.73 Å². The SMILES string of the molecule is NC1CN(S(=O)(=O)c2cccc([N+](=O)[O-])c2)C1. The Kier molecular flexibility index (Phi) is 2.86. The average molecular weight is 257 g/mol. The minimum absolute atomic E-state index is 0.0707. The maximum absolute atomic E-state index is 12.0. The van der Waals surface area contributed by atoms with Crippen LogP contribution in [-0.2, 0) is 10.0 Å². The number of nitrogens with zero attached hydrogens (tertiary/aromatic N) is 2. The lowest BCUT2D eigenvalue weighted by molar-refractivity contribution is -0.385. The second kappa shape index (κ2) is 4.06. The fourth-order valence-electron chi connectivity index (χ4n) is 1.57. The number of hydrogen-bond acceptors (Lipinski definition) is 5. The van der Waals surface area contributed by atoms with E-state index in [9.17, 15) is 18.5 Å². The number of non-ortho nitro benzene ring substituents is 1. The molecule has 2 rings (SSSR count). The zero-order valence-corrected chi connectivity index (χ0v) is 9.63. The first kappa shape index (κ1) is 12.0. The lowest BCUT2D eigenvalue weighted by atomic mass is 10.2. The number of nitrogens with two attached hydrogens (primary N) is 1. The van der Waals surface area contributed by atoms with E-state index < -0.39 is 14.9 Å². The highest BCUT2D eigenvalue weighted by atomic mass is 32.2. The molecule has 0 aliphatic carbocycles. The summed E-state index contributed by atoms with van der Waals surface area (Å²) in [7, 11) is -3.64. The Morgan fingerprint density at radius 1 is 1.41 bits per heavy atom. The van der Waals surface area contributed by atoms with Gasteiger partial charge >= 0.3 is 0 Å². The van der Waals surface area contributed by atoms with E-state index in [1.54, 1.807) is 0 Å². The van der Waals surface area contributed by atoms with Gasteiger partial charge < -0.3 is 5.73 Å². The van der Waals surface area contributed by atoms with Gasteiger partial charge in [0, 0.05) is 31.3 Å². The molecular weight excluding hydrogens is 246 g/mol.